The van der Waals surface area contributed by atoms with Crippen LogP contribution in [0.25, 0.3) is 0 Å². The molecule has 3 rings (SSSR count). The van der Waals surface area contributed by atoms with Crippen molar-refractivity contribution >= 4 is 34.6 Å². The highest BCUT2D eigenvalue weighted by molar-refractivity contribution is 6.34. The number of nitro groups is 1. The maximum absolute atomic E-state index is 12.3. The topological polar surface area (TPSA) is 75.5 Å². The Kier molecular flexibility index (Phi) is 4.66. The number of carbonyl (C=O) groups is 1. The zero-order valence-corrected chi connectivity index (χ0v) is 13.6. The average molecular weight is 346 g/mol. The van der Waals surface area contributed by atoms with E-state index in [4.69, 9.17) is 11.6 Å². The van der Waals surface area contributed by atoms with Gasteiger partial charge in [0.05, 0.1) is 15.5 Å². The normalized spacial score (nSPS) is 13.8. The molecule has 0 spiro atoms. The predicted molar refractivity (Wildman–Crippen MR) is 93.9 cm³/mol. The molecule has 2 aromatic rings. The summed E-state index contributed by atoms with van der Waals surface area (Å²) in [6.45, 7) is 2.10. The Hall–Kier alpha value is -2.60. The minimum Gasteiger partial charge on any atom is -0.372 e. The second-order valence-corrected chi connectivity index (χ2v) is 6.02. The molecular weight excluding hydrogens is 330 g/mol. The van der Waals surface area contributed by atoms with E-state index in [0.29, 0.717) is 5.69 Å². The van der Waals surface area contributed by atoms with Crippen LogP contribution in [0.2, 0.25) is 5.02 Å². The highest BCUT2D eigenvalue weighted by Crippen LogP contribution is 2.25. The molecule has 0 radical (unpaired) electrons. The fraction of sp³-hybridized carbons (Fsp3) is 0.235. The van der Waals surface area contributed by atoms with Crippen molar-refractivity contribution in [3.05, 3.63) is 63.2 Å². The van der Waals surface area contributed by atoms with Crippen molar-refractivity contribution < 1.29 is 9.72 Å². The van der Waals surface area contributed by atoms with Gasteiger partial charge in [-0.25, -0.2) is 0 Å². The van der Waals surface area contributed by atoms with Gasteiger partial charge in [-0.3, -0.25) is 14.9 Å². The number of anilines is 2. The van der Waals surface area contributed by atoms with Crippen LogP contribution in [0.4, 0.5) is 17.1 Å². The van der Waals surface area contributed by atoms with Crippen LogP contribution < -0.4 is 10.2 Å². The highest BCUT2D eigenvalue weighted by Gasteiger charge is 2.16. The van der Waals surface area contributed by atoms with Crippen LogP contribution in [-0.4, -0.2) is 23.9 Å². The van der Waals surface area contributed by atoms with Crippen LogP contribution >= 0.6 is 11.6 Å². The quantitative estimate of drug-likeness (QED) is 0.668. The molecule has 1 aliphatic heterocycles. The maximum Gasteiger partial charge on any atom is 0.270 e. The molecule has 0 bridgehead atoms. The Bertz CT molecular complexity index is 771. The third-order valence-electron chi connectivity index (χ3n) is 4.00. The smallest absolute Gasteiger partial charge is 0.270 e. The zero-order chi connectivity index (χ0) is 17.1. The molecule has 2 aromatic carbocycles. The number of halogens is 1. The van der Waals surface area contributed by atoms with E-state index in [1.54, 1.807) is 0 Å². The number of amides is 1. The number of nitrogens with zero attached hydrogens (tertiary/aromatic N) is 2. The van der Waals surface area contributed by atoms with Crippen LogP contribution in [0.5, 0.6) is 0 Å². The predicted octanol–water partition coefficient (Wildman–Crippen LogP) is 4.10. The summed E-state index contributed by atoms with van der Waals surface area (Å²) in [7, 11) is 0. The molecular formula is C17H16ClN3O3. The molecule has 0 saturated carbocycles. The summed E-state index contributed by atoms with van der Waals surface area (Å²) < 4.78 is 0. The molecule has 6 nitrogen and oxygen atoms in total. The number of rotatable bonds is 4. The molecule has 1 amide bonds. The molecule has 124 valence electrons. The largest absolute Gasteiger partial charge is 0.372 e. The van der Waals surface area contributed by atoms with Gasteiger partial charge in [-0.15, -0.1) is 0 Å². The molecule has 1 N–H and O–H groups in total. The first-order valence-electron chi connectivity index (χ1n) is 7.65. The monoisotopic (exact) mass is 345 g/mol. The fourth-order valence-corrected chi connectivity index (χ4v) is 2.93. The fourth-order valence-electron chi connectivity index (χ4n) is 2.73. The lowest BCUT2D eigenvalue weighted by Crippen LogP contribution is -2.17. The van der Waals surface area contributed by atoms with Gasteiger partial charge in [0.15, 0.2) is 0 Å². The number of non-ortho nitro benzene ring substituents is 1. The first kappa shape index (κ1) is 16.3. The van der Waals surface area contributed by atoms with E-state index in [2.05, 4.69) is 10.2 Å². The summed E-state index contributed by atoms with van der Waals surface area (Å²) in [5.74, 6) is -0.474. The van der Waals surface area contributed by atoms with E-state index in [9.17, 15) is 14.9 Å². The lowest BCUT2D eigenvalue weighted by Gasteiger charge is -2.17. The summed E-state index contributed by atoms with van der Waals surface area (Å²) >= 11 is 5.98. The summed E-state index contributed by atoms with van der Waals surface area (Å²) in [4.78, 5) is 24.9. The van der Waals surface area contributed by atoms with Gasteiger partial charge in [0, 0.05) is 36.6 Å². The first-order chi connectivity index (χ1) is 11.5. The number of carbonyl (C=O) groups excluding carboxylic acids is 1. The van der Waals surface area contributed by atoms with Crippen LogP contribution in [0.1, 0.15) is 23.2 Å². The van der Waals surface area contributed by atoms with E-state index in [1.165, 1.54) is 31.0 Å². The Morgan fingerprint density at radius 2 is 1.79 bits per heavy atom. The summed E-state index contributed by atoms with van der Waals surface area (Å²) in [5, 5.41) is 13.7. The number of nitrogens with one attached hydrogen (secondary N) is 1. The molecule has 1 aliphatic rings. The minimum atomic E-state index is -0.558. The van der Waals surface area contributed by atoms with Gasteiger partial charge < -0.3 is 10.2 Å². The van der Waals surface area contributed by atoms with Crippen molar-refractivity contribution in [1.82, 2.24) is 0 Å². The molecule has 0 unspecified atom stereocenters. The van der Waals surface area contributed by atoms with Crippen LogP contribution in [0.3, 0.4) is 0 Å². The Morgan fingerprint density at radius 3 is 2.42 bits per heavy atom. The number of hydrogen-bond donors (Lipinski definition) is 1. The molecule has 0 atom stereocenters. The van der Waals surface area contributed by atoms with Gasteiger partial charge in [0.2, 0.25) is 0 Å². The van der Waals surface area contributed by atoms with Gasteiger partial charge >= 0.3 is 0 Å². The second-order valence-electron chi connectivity index (χ2n) is 5.62. The van der Waals surface area contributed by atoms with Gasteiger partial charge in [-0.1, -0.05) is 11.6 Å². The lowest BCUT2D eigenvalue weighted by molar-refractivity contribution is -0.384. The molecule has 7 heteroatoms. The molecule has 1 saturated heterocycles. The second kappa shape index (κ2) is 6.88. The maximum atomic E-state index is 12.3. The van der Waals surface area contributed by atoms with Crippen molar-refractivity contribution in [3.63, 3.8) is 0 Å². The third-order valence-corrected chi connectivity index (χ3v) is 4.33. The Morgan fingerprint density at radius 1 is 1.12 bits per heavy atom. The van der Waals surface area contributed by atoms with Crippen molar-refractivity contribution in [3.8, 4) is 0 Å². The molecule has 0 aliphatic carbocycles. The van der Waals surface area contributed by atoms with Crippen LogP contribution in [-0.2, 0) is 0 Å². The SMILES string of the molecule is O=C(Nc1ccc(N2CCCC2)cc1)c1cc([N+](=O)[O-])ccc1Cl. The standard InChI is InChI=1S/C17H16ClN3O3/c18-16-8-7-14(21(23)24)11-15(16)17(22)19-12-3-5-13(6-4-12)20-9-1-2-10-20/h3-8,11H,1-2,9-10H2,(H,19,22). The van der Waals surface area contributed by atoms with Gasteiger partial charge in [-0.2, -0.15) is 0 Å². The van der Waals surface area contributed by atoms with Crippen molar-refractivity contribution in [1.29, 1.82) is 0 Å². The molecule has 0 aromatic heterocycles. The van der Waals surface area contributed by atoms with E-state index >= 15 is 0 Å². The van der Waals surface area contributed by atoms with E-state index < -0.39 is 10.8 Å². The van der Waals surface area contributed by atoms with Crippen molar-refractivity contribution in [2.75, 3.05) is 23.3 Å². The highest BCUT2D eigenvalue weighted by atomic mass is 35.5. The number of benzene rings is 2. The summed E-state index contributed by atoms with van der Waals surface area (Å²) in [5.41, 5.74) is 1.65. The molecule has 24 heavy (non-hydrogen) atoms. The average Bonchev–Trinajstić information content (AvgIpc) is 3.10. The zero-order valence-electron chi connectivity index (χ0n) is 12.9. The van der Waals surface area contributed by atoms with Crippen molar-refractivity contribution in [2.24, 2.45) is 0 Å². The first-order valence-corrected chi connectivity index (χ1v) is 8.03. The Labute approximate surface area is 144 Å². The Balaban J connectivity index is 1.75. The lowest BCUT2D eigenvalue weighted by atomic mass is 10.1. The van der Waals surface area contributed by atoms with E-state index in [-0.39, 0.29) is 16.3 Å². The summed E-state index contributed by atoms with van der Waals surface area (Å²) in [6.07, 6.45) is 2.40. The minimum absolute atomic E-state index is 0.0782. The van der Waals surface area contributed by atoms with Gasteiger partial charge in [-0.05, 0) is 43.2 Å². The summed E-state index contributed by atoms with van der Waals surface area (Å²) in [6, 6.07) is 11.3. The number of hydrogen-bond acceptors (Lipinski definition) is 4. The number of nitro benzene ring substituents is 1. The van der Waals surface area contributed by atoms with Crippen LogP contribution in [0, 0.1) is 10.1 Å². The third kappa shape index (κ3) is 3.49. The van der Waals surface area contributed by atoms with E-state index in [0.717, 1.165) is 18.8 Å². The van der Waals surface area contributed by atoms with E-state index in [1.807, 2.05) is 24.3 Å². The van der Waals surface area contributed by atoms with Crippen LogP contribution in [0.15, 0.2) is 42.5 Å². The molecule has 1 fully saturated rings. The van der Waals surface area contributed by atoms with Crippen molar-refractivity contribution in [2.45, 2.75) is 12.8 Å². The van der Waals surface area contributed by atoms with Gasteiger partial charge in [0.25, 0.3) is 11.6 Å². The van der Waals surface area contributed by atoms with Gasteiger partial charge in [0.1, 0.15) is 0 Å². The molecule has 1 heterocycles.